The fourth-order valence-electron chi connectivity index (χ4n) is 1.84. The van der Waals surface area contributed by atoms with Crippen molar-refractivity contribution in [3.63, 3.8) is 0 Å². The highest BCUT2D eigenvalue weighted by atomic mass is 35.5. The van der Waals surface area contributed by atoms with Crippen molar-refractivity contribution in [3.05, 3.63) is 20.3 Å². The molecule has 0 amide bonds. The molecule has 4 heteroatoms. The molecule has 0 bridgehead atoms. The van der Waals surface area contributed by atoms with Gasteiger partial charge in [-0.2, -0.15) is 0 Å². The van der Waals surface area contributed by atoms with Gasteiger partial charge < -0.3 is 5.73 Å². The van der Waals surface area contributed by atoms with Crippen LogP contribution in [0.1, 0.15) is 24.8 Å². The largest absolute Gasteiger partial charge is 0.327 e. The summed E-state index contributed by atoms with van der Waals surface area (Å²) in [4.78, 5) is 0. The summed E-state index contributed by atoms with van der Waals surface area (Å²) in [5, 5.41) is 0. The Hall–Kier alpha value is 0.240. The molecule has 1 aromatic heterocycles. The van der Waals surface area contributed by atoms with Crippen LogP contribution in [0.4, 0.5) is 0 Å². The van der Waals surface area contributed by atoms with Gasteiger partial charge in [-0.1, -0.05) is 30.1 Å². The van der Waals surface area contributed by atoms with Crippen molar-refractivity contribution in [3.8, 4) is 0 Å². The summed E-state index contributed by atoms with van der Waals surface area (Å²) in [5.41, 5.74) is 7.02. The molecule has 3 atom stereocenters. The van der Waals surface area contributed by atoms with E-state index >= 15 is 0 Å². The van der Waals surface area contributed by atoms with Crippen molar-refractivity contribution in [2.75, 3.05) is 0 Å². The van der Waals surface area contributed by atoms with Gasteiger partial charge in [0.25, 0.3) is 0 Å². The second-order valence-electron chi connectivity index (χ2n) is 3.64. The van der Waals surface area contributed by atoms with Gasteiger partial charge in [0, 0.05) is 6.04 Å². The second kappa shape index (κ2) is 3.43. The summed E-state index contributed by atoms with van der Waals surface area (Å²) in [6, 6.07) is 2.31. The highest BCUT2D eigenvalue weighted by molar-refractivity contribution is 7.20. The van der Waals surface area contributed by atoms with Crippen molar-refractivity contribution in [2.45, 2.75) is 25.3 Å². The molecule has 3 unspecified atom stereocenters. The SMILES string of the molecule is CC1C(N)CC1c1cc(Cl)sc1Cl. The van der Waals surface area contributed by atoms with Gasteiger partial charge in [0.15, 0.2) is 0 Å². The minimum Gasteiger partial charge on any atom is -0.327 e. The van der Waals surface area contributed by atoms with Crippen LogP contribution in [0.2, 0.25) is 8.67 Å². The van der Waals surface area contributed by atoms with Gasteiger partial charge in [-0.15, -0.1) is 11.3 Å². The van der Waals surface area contributed by atoms with Crippen LogP contribution in [-0.2, 0) is 0 Å². The predicted octanol–water partition coefficient (Wildman–Crippen LogP) is 3.51. The van der Waals surface area contributed by atoms with Gasteiger partial charge in [0.1, 0.15) is 0 Å². The average molecular weight is 236 g/mol. The third-order valence-electron chi connectivity index (χ3n) is 2.92. The van der Waals surface area contributed by atoms with Gasteiger partial charge in [-0.05, 0) is 29.9 Å². The summed E-state index contributed by atoms with van der Waals surface area (Å²) in [6.07, 6.45) is 1.04. The van der Waals surface area contributed by atoms with E-state index in [9.17, 15) is 0 Å². The number of thiophene rings is 1. The molecule has 1 saturated carbocycles. The maximum absolute atomic E-state index is 6.06. The molecule has 1 heterocycles. The number of rotatable bonds is 1. The van der Waals surface area contributed by atoms with E-state index in [0.29, 0.717) is 17.9 Å². The molecule has 0 radical (unpaired) electrons. The lowest BCUT2D eigenvalue weighted by Gasteiger charge is -2.40. The lowest BCUT2D eigenvalue weighted by Crippen LogP contribution is -2.44. The summed E-state index contributed by atoms with van der Waals surface area (Å²) in [6.45, 7) is 2.17. The molecule has 2 N–H and O–H groups in total. The van der Waals surface area contributed by atoms with E-state index in [1.54, 1.807) is 0 Å². The summed E-state index contributed by atoms with van der Waals surface area (Å²) in [7, 11) is 0. The van der Waals surface area contributed by atoms with Crippen molar-refractivity contribution in [2.24, 2.45) is 11.7 Å². The third kappa shape index (κ3) is 1.61. The van der Waals surface area contributed by atoms with E-state index in [1.165, 1.54) is 16.9 Å². The van der Waals surface area contributed by atoms with E-state index in [1.807, 2.05) is 6.07 Å². The molecule has 1 aromatic rings. The zero-order valence-electron chi connectivity index (χ0n) is 7.26. The highest BCUT2D eigenvalue weighted by Gasteiger charge is 2.37. The standard InChI is InChI=1S/C9H11Cl2NS/c1-4-5(2-7(4)12)6-3-8(10)13-9(6)11/h3-5,7H,2,12H2,1H3. The fourth-order valence-corrected chi connectivity index (χ4v) is 3.44. The Morgan fingerprint density at radius 3 is 2.62 bits per heavy atom. The van der Waals surface area contributed by atoms with E-state index in [4.69, 9.17) is 28.9 Å². The first-order valence-electron chi connectivity index (χ1n) is 4.30. The summed E-state index contributed by atoms with van der Waals surface area (Å²) < 4.78 is 1.60. The average Bonchev–Trinajstić information content (AvgIpc) is 2.40. The van der Waals surface area contributed by atoms with Crippen molar-refractivity contribution in [1.82, 2.24) is 0 Å². The topological polar surface area (TPSA) is 26.0 Å². The molecule has 0 saturated heterocycles. The van der Waals surface area contributed by atoms with Crippen molar-refractivity contribution < 1.29 is 0 Å². The van der Waals surface area contributed by atoms with Crippen LogP contribution >= 0.6 is 34.5 Å². The predicted molar refractivity (Wildman–Crippen MR) is 58.8 cm³/mol. The van der Waals surface area contributed by atoms with Gasteiger partial charge in [0.2, 0.25) is 0 Å². The van der Waals surface area contributed by atoms with Crippen molar-refractivity contribution >= 4 is 34.5 Å². The first-order chi connectivity index (χ1) is 6.09. The van der Waals surface area contributed by atoms with E-state index in [-0.39, 0.29) is 0 Å². The Kier molecular flexibility index (Phi) is 2.58. The third-order valence-corrected chi connectivity index (χ3v) is 4.44. The maximum atomic E-state index is 6.06. The molecule has 1 nitrogen and oxygen atoms in total. The van der Waals surface area contributed by atoms with Gasteiger partial charge in [-0.3, -0.25) is 0 Å². The monoisotopic (exact) mass is 235 g/mol. The van der Waals surface area contributed by atoms with Crippen LogP contribution in [0.3, 0.4) is 0 Å². The smallest absolute Gasteiger partial charge is 0.0979 e. The Labute approximate surface area is 91.8 Å². The molecular weight excluding hydrogens is 225 g/mol. The molecule has 2 rings (SSSR count). The molecule has 1 aliphatic rings. The minimum absolute atomic E-state index is 0.333. The van der Waals surface area contributed by atoms with Crippen LogP contribution in [0.25, 0.3) is 0 Å². The first-order valence-corrected chi connectivity index (χ1v) is 5.87. The Bertz CT molecular complexity index is 323. The van der Waals surface area contributed by atoms with Crippen LogP contribution < -0.4 is 5.73 Å². The van der Waals surface area contributed by atoms with E-state index < -0.39 is 0 Å². The Morgan fingerprint density at radius 2 is 2.23 bits per heavy atom. The molecule has 0 spiro atoms. The highest BCUT2D eigenvalue weighted by Crippen LogP contribution is 2.47. The molecule has 1 aliphatic carbocycles. The zero-order valence-corrected chi connectivity index (χ0v) is 9.59. The van der Waals surface area contributed by atoms with Crippen LogP contribution in [0, 0.1) is 5.92 Å². The lowest BCUT2D eigenvalue weighted by atomic mass is 9.68. The van der Waals surface area contributed by atoms with E-state index in [2.05, 4.69) is 6.92 Å². The second-order valence-corrected chi connectivity index (χ2v) is 5.93. The fraction of sp³-hybridized carbons (Fsp3) is 0.556. The minimum atomic E-state index is 0.333. The summed E-state index contributed by atoms with van der Waals surface area (Å²) >= 11 is 13.4. The molecule has 1 fully saturated rings. The van der Waals surface area contributed by atoms with Crippen LogP contribution in [-0.4, -0.2) is 6.04 Å². The van der Waals surface area contributed by atoms with E-state index in [0.717, 1.165) is 15.1 Å². The summed E-state index contributed by atoms with van der Waals surface area (Å²) in [5.74, 6) is 1.05. The number of nitrogens with two attached hydrogens (primary N) is 1. The van der Waals surface area contributed by atoms with Crippen LogP contribution in [0.15, 0.2) is 6.07 Å². The Balaban J connectivity index is 2.22. The first kappa shape index (κ1) is 9.78. The van der Waals surface area contributed by atoms with Gasteiger partial charge >= 0.3 is 0 Å². The lowest BCUT2D eigenvalue weighted by molar-refractivity contribution is 0.227. The van der Waals surface area contributed by atoms with Crippen molar-refractivity contribution in [1.29, 1.82) is 0 Å². The van der Waals surface area contributed by atoms with Gasteiger partial charge in [-0.25, -0.2) is 0 Å². The quantitative estimate of drug-likeness (QED) is 0.793. The molecule has 0 aliphatic heterocycles. The zero-order chi connectivity index (χ0) is 9.59. The molecule has 72 valence electrons. The van der Waals surface area contributed by atoms with Crippen LogP contribution in [0.5, 0.6) is 0 Å². The molecular formula is C9H11Cl2NS. The normalized spacial score (nSPS) is 33.1. The van der Waals surface area contributed by atoms with Gasteiger partial charge in [0.05, 0.1) is 8.67 Å². The molecule has 13 heavy (non-hydrogen) atoms. The number of halogens is 2. The number of hydrogen-bond donors (Lipinski definition) is 1. The Morgan fingerprint density at radius 1 is 1.54 bits per heavy atom. The maximum Gasteiger partial charge on any atom is 0.0979 e. The molecule has 0 aromatic carbocycles. The number of hydrogen-bond acceptors (Lipinski definition) is 2.